The number of non-ortho nitro benzene ring substituents is 6. The van der Waals surface area contributed by atoms with Crippen LogP contribution in [0.3, 0.4) is 0 Å². The van der Waals surface area contributed by atoms with Crippen molar-refractivity contribution in [3.8, 4) is 0 Å². The molecule has 0 spiro atoms. The van der Waals surface area contributed by atoms with Crippen molar-refractivity contribution in [1.82, 2.24) is 0 Å². The molecule has 12 amide bonds. The summed E-state index contributed by atoms with van der Waals surface area (Å²) in [6.45, 7) is 9.28. The second-order valence-electron chi connectivity index (χ2n) is 29.7. The molecule has 0 N–H and O–H groups in total. The van der Waals surface area contributed by atoms with Crippen LogP contribution in [0.25, 0.3) is 32.3 Å². The molecular formula is C88H60N12O26S2. The highest BCUT2D eigenvalue weighted by atomic mass is 32.2. The molecule has 0 unspecified atom stereocenters. The Kier molecular flexibility index (Phi) is 22.5. The Balaban J connectivity index is 0.000000149. The summed E-state index contributed by atoms with van der Waals surface area (Å²) in [7, 11) is -1.22. The van der Waals surface area contributed by atoms with Crippen molar-refractivity contribution in [1.29, 1.82) is 0 Å². The molecule has 128 heavy (non-hydrogen) atoms. The number of nitro benzene ring substituents is 6. The molecule has 0 aromatic heterocycles. The second-order valence-corrected chi connectivity index (χ2v) is 32.7. The summed E-state index contributed by atoms with van der Waals surface area (Å²) in [6.07, 6.45) is 6.56. The fourth-order valence-electron chi connectivity index (χ4n) is 16.0. The first kappa shape index (κ1) is 87.3. The maximum Gasteiger partial charge on any atom is 0.269 e. The summed E-state index contributed by atoms with van der Waals surface area (Å²) in [5, 5.41) is 68.0. The number of hydrogen-bond acceptors (Lipinski definition) is 26. The van der Waals surface area contributed by atoms with Crippen molar-refractivity contribution < 1.29 is 95.5 Å². The van der Waals surface area contributed by atoms with Crippen LogP contribution in [0.5, 0.6) is 0 Å². The molecule has 40 heteroatoms. The van der Waals surface area contributed by atoms with E-state index in [1.165, 1.54) is 182 Å². The number of nitro groups is 6. The van der Waals surface area contributed by atoms with E-state index < -0.39 is 122 Å². The summed E-state index contributed by atoms with van der Waals surface area (Å²) >= 11 is 0. The molecule has 0 saturated carbocycles. The molecule has 0 fully saturated rings. The molecule has 6 heterocycles. The van der Waals surface area contributed by atoms with Crippen LogP contribution in [-0.4, -0.2) is 134 Å². The number of imide groups is 6. The van der Waals surface area contributed by atoms with E-state index in [1.807, 2.05) is 0 Å². The van der Waals surface area contributed by atoms with Crippen molar-refractivity contribution >= 4 is 193 Å². The van der Waals surface area contributed by atoms with Crippen LogP contribution in [-0.2, 0) is 21.6 Å². The van der Waals surface area contributed by atoms with Gasteiger partial charge in [0, 0.05) is 218 Å². The van der Waals surface area contributed by atoms with Crippen LogP contribution < -0.4 is 29.4 Å². The van der Waals surface area contributed by atoms with Gasteiger partial charge < -0.3 is 0 Å². The topological polar surface area (TPSA) is 517 Å². The third-order valence-electron chi connectivity index (χ3n) is 21.5. The van der Waals surface area contributed by atoms with Crippen LogP contribution in [0.4, 0.5) is 68.2 Å². The van der Waals surface area contributed by atoms with Crippen molar-refractivity contribution in [2.45, 2.75) is 41.5 Å². The number of carbonyl (C=O) groups is 12. The first-order valence-corrected chi connectivity index (χ1v) is 41.5. The van der Waals surface area contributed by atoms with Gasteiger partial charge in [-0.2, -0.15) is 0 Å². The average molecular weight is 1770 g/mol. The Morgan fingerprint density at radius 2 is 0.289 bits per heavy atom. The number of carbonyl (C=O) groups excluding carboxylic acids is 12. The summed E-state index contributed by atoms with van der Waals surface area (Å²) in [6, 6.07) is 39.6. The normalized spacial score (nSPS) is 13.9. The van der Waals surface area contributed by atoms with Crippen molar-refractivity contribution in [2.75, 3.05) is 54.4 Å². The maximum absolute atomic E-state index is 13.6. The van der Waals surface area contributed by atoms with Gasteiger partial charge in [-0.1, -0.05) is 0 Å². The van der Waals surface area contributed by atoms with Crippen LogP contribution in [0.1, 0.15) is 158 Å². The van der Waals surface area contributed by atoms with Gasteiger partial charge in [-0.3, -0.25) is 127 Å². The highest BCUT2D eigenvalue weighted by Crippen LogP contribution is 2.47. The molecule has 6 aliphatic heterocycles. The third kappa shape index (κ3) is 14.6. The lowest BCUT2D eigenvalue weighted by Gasteiger charge is -2.32. The molecule has 12 aromatic rings. The van der Waals surface area contributed by atoms with Gasteiger partial charge in [0.05, 0.1) is 63.7 Å². The Morgan fingerprint density at radius 3 is 0.367 bits per heavy atom. The third-order valence-corrected chi connectivity index (χ3v) is 21.5. The monoisotopic (exact) mass is 1760 g/mol. The molecule has 12 aromatic carbocycles. The fourth-order valence-corrected chi connectivity index (χ4v) is 16.0. The minimum Gasteiger partial charge on any atom is -0.268 e. The second kappa shape index (κ2) is 33.0. The van der Waals surface area contributed by atoms with Crippen LogP contribution >= 0.6 is 0 Å². The van der Waals surface area contributed by atoms with Crippen LogP contribution in [0.15, 0.2) is 182 Å². The highest BCUT2D eigenvalue weighted by Gasteiger charge is 2.47. The molecule has 18 rings (SSSR count). The molecular weight excluding hydrogens is 1710 g/mol. The summed E-state index contributed by atoms with van der Waals surface area (Å²) in [5.41, 5.74) is 3.00. The van der Waals surface area contributed by atoms with E-state index in [-0.39, 0.29) is 167 Å². The Labute approximate surface area is 723 Å². The minimum absolute atomic E-state index is 0.0912. The van der Waals surface area contributed by atoms with Gasteiger partial charge >= 0.3 is 0 Å². The summed E-state index contributed by atoms with van der Waals surface area (Å²) in [5.74, 6) is -8.43. The zero-order chi connectivity index (χ0) is 93.0. The van der Waals surface area contributed by atoms with E-state index in [1.54, 1.807) is 66.6 Å². The average Bonchev–Trinajstić information content (AvgIpc) is 0.713. The Hall–Kier alpha value is -17.0. The van der Waals surface area contributed by atoms with Gasteiger partial charge in [0.2, 0.25) is 0 Å². The number of aryl methyl sites for hydroxylation is 6. The standard InChI is InChI=1S/3C28H16N4O8.2C2H6OS/c3*1-13-11-15(31(37)38)3-9-21(13)29-25(33)17-5-7-19-24-20(8-6-18(23(17)24)26(29)34)28(36)30(27(19)35)22-10-4-16(32(39)40)12-14(22)2;2*1-4(2)3/h3*3-12H,1-2H3;2*1-2H3. The molecule has 0 atom stereocenters. The fraction of sp³-hybridized carbons (Fsp3) is 0.114. The first-order valence-electron chi connectivity index (χ1n) is 37.6. The predicted octanol–water partition coefficient (Wildman–Crippen LogP) is 14.6. The van der Waals surface area contributed by atoms with E-state index in [2.05, 4.69) is 0 Å². The molecule has 0 radical (unpaired) electrons. The number of rotatable bonds is 12. The molecule has 0 bridgehead atoms. The van der Waals surface area contributed by atoms with Crippen molar-refractivity contribution in [2.24, 2.45) is 0 Å². The van der Waals surface area contributed by atoms with Gasteiger partial charge in [-0.15, -0.1) is 0 Å². The Morgan fingerprint density at radius 1 is 0.195 bits per heavy atom. The number of anilines is 6. The molecule has 6 aliphatic rings. The van der Waals surface area contributed by atoms with E-state index in [4.69, 9.17) is 0 Å². The number of hydrogen-bond donors (Lipinski definition) is 0. The zero-order valence-corrected chi connectivity index (χ0v) is 69.8. The maximum atomic E-state index is 13.6. The largest absolute Gasteiger partial charge is 0.269 e. The predicted molar refractivity (Wildman–Crippen MR) is 466 cm³/mol. The lowest BCUT2D eigenvalue weighted by Crippen LogP contribution is -2.43. The Bertz CT molecular complexity index is 6060. The lowest BCUT2D eigenvalue weighted by atomic mass is 9.85. The van der Waals surface area contributed by atoms with Gasteiger partial charge in [-0.25, -0.2) is 29.4 Å². The number of nitrogens with zero attached hydrogens (tertiary/aromatic N) is 12. The number of amides is 12. The molecule has 0 aliphatic carbocycles. The first-order chi connectivity index (χ1) is 60.5. The van der Waals surface area contributed by atoms with Gasteiger partial charge in [0.25, 0.3) is 105 Å². The zero-order valence-electron chi connectivity index (χ0n) is 68.1. The van der Waals surface area contributed by atoms with E-state index >= 15 is 0 Å². The summed E-state index contributed by atoms with van der Waals surface area (Å²) < 4.78 is 19.1. The molecule has 640 valence electrons. The minimum atomic E-state index is -0.702. The smallest absolute Gasteiger partial charge is 0.268 e. The quantitative estimate of drug-likeness (QED) is 0.0622. The molecule has 0 saturated heterocycles. The SMILES string of the molecule is CS(C)=O.CS(C)=O.Cc1cc([N+](=O)[O-])ccc1N1C(=O)c2ccc3c4c(ccc(c24)C1=O)C(=O)N(c1ccc([N+](=O)[O-])cc1C)C3=O.Cc1cc([N+](=O)[O-])ccc1N1C(=O)c2ccc3c4c(ccc(c24)C1=O)C(=O)N(c1ccc([N+](=O)[O-])cc1C)C3=O.Cc1cc([N+](=O)[O-])ccc1N1C(=O)c2ccc3c4c(ccc(c24)C1=O)C(=O)N(c1ccc([N+](=O)[O-])cc1C)C3=O. The molecule has 38 nitrogen and oxygen atoms in total. The van der Waals surface area contributed by atoms with E-state index in [0.717, 1.165) is 29.4 Å². The van der Waals surface area contributed by atoms with E-state index in [9.17, 15) is 127 Å². The number of benzene rings is 12. The lowest BCUT2D eigenvalue weighted by molar-refractivity contribution is -0.385. The van der Waals surface area contributed by atoms with Gasteiger partial charge in [0.15, 0.2) is 0 Å². The van der Waals surface area contributed by atoms with Crippen molar-refractivity contribution in [3.05, 3.63) is 343 Å². The van der Waals surface area contributed by atoms with Crippen molar-refractivity contribution in [3.63, 3.8) is 0 Å². The van der Waals surface area contributed by atoms with Gasteiger partial charge in [0.1, 0.15) is 0 Å². The van der Waals surface area contributed by atoms with Crippen LogP contribution in [0.2, 0.25) is 0 Å². The van der Waals surface area contributed by atoms with E-state index in [0.29, 0.717) is 33.4 Å². The van der Waals surface area contributed by atoms with Gasteiger partial charge in [-0.05, 0) is 184 Å². The van der Waals surface area contributed by atoms with Crippen LogP contribution in [0, 0.1) is 102 Å². The summed E-state index contributed by atoms with van der Waals surface area (Å²) in [4.78, 5) is 233. The highest BCUT2D eigenvalue weighted by molar-refractivity contribution is 7.83.